The third-order valence-corrected chi connectivity index (χ3v) is 4.59. The molecule has 5 heteroatoms. The zero-order chi connectivity index (χ0) is 18.3. The molecule has 2 heterocycles. The third kappa shape index (κ3) is 2.86. The molecule has 0 unspecified atom stereocenters. The highest BCUT2D eigenvalue weighted by Crippen LogP contribution is 2.33. The summed E-state index contributed by atoms with van der Waals surface area (Å²) < 4.78 is 13.2. The first-order valence-corrected chi connectivity index (χ1v) is 8.33. The number of aromatic carboxylic acids is 1. The number of rotatable bonds is 2. The van der Waals surface area contributed by atoms with Crippen LogP contribution in [0.4, 0.5) is 4.39 Å². The number of para-hydroxylation sites is 1. The minimum atomic E-state index is -0.948. The number of carboxylic acid groups (broad SMARTS) is 1. The highest BCUT2D eigenvalue weighted by atomic mass is 19.1. The highest BCUT2D eigenvalue weighted by Gasteiger charge is 2.26. The summed E-state index contributed by atoms with van der Waals surface area (Å²) in [5.41, 5.74) is 4.19. The van der Waals surface area contributed by atoms with Crippen LogP contribution >= 0.6 is 0 Å². The number of carboxylic acids is 1. The fourth-order valence-electron chi connectivity index (χ4n) is 3.48. The summed E-state index contributed by atoms with van der Waals surface area (Å²) >= 11 is 0. The number of likely N-dealkylation sites (N-methyl/N-ethyl adjacent to an activating group) is 1. The van der Waals surface area contributed by atoms with Crippen LogP contribution in [0.25, 0.3) is 22.6 Å². The van der Waals surface area contributed by atoms with Gasteiger partial charge in [0.1, 0.15) is 5.82 Å². The number of carbonyl (C=O) groups is 1. The van der Waals surface area contributed by atoms with Crippen molar-refractivity contribution < 1.29 is 14.3 Å². The van der Waals surface area contributed by atoms with Crippen molar-refractivity contribution in [3.8, 4) is 0 Å². The summed E-state index contributed by atoms with van der Waals surface area (Å²) in [6, 6.07) is 13.5. The Kier molecular flexibility index (Phi) is 4.01. The highest BCUT2D eigenvalue weighted by molar-refractivity contribution is 6.05. The zero-order valence-electron chi connectivity index (χ0n) is 14.2. The van der Waals surface area contributed by atoms with Crippen LogP contribution in [-0.2, 0) is 6.54 Å². The average molecular weight is 348 g/mol. The van der Waals surface area contributed by atoms with Gasteiger partial charge in [-0.25, -0.2) is 14.2 Å². The molecule has 26 heavy (non-hydrogen) atoms. The minimum absolute atomic E-state index is 0.286. The molecule has 2 aromatic carbocycles. The summed E-state index contributed by atoms with van der Waals surface area (Å²) in [5.74, 6) is -1.23. The van der Waals surface area contributed by atoms with Gasteiger partial charge in [-0.05, 0) is 42.5 Å². The molecule has 1 aromatic heterocycles. The van der Waals surface area contributed by atoms with Gasteiger partial charge in [0.05, 0.1) is 16.8 Å². The Balaban J connectivity index is 1.97. The van der Waals surface area contributed by atoms with Crippen molar-refractivity contribution in [2.45, 2.75) is 6.54 Å². The van der Waals surface area contributed by atoms with Gasteiger partial charge in [0.2, 0.25) is 0 Å². The van der Waals surface area contributed by atoms with Crippen molar-refractivity contribution >= 4 is 28.5 Å². The van der Waals surface area contributed by atoms with Crippen LogP contribution in [0.3, 0.4) is 0 Å². The van der Waals surface area contributed by atoms with E-state index in [1.165, 1.54) is 12.1 Å². The lowest BCUT2D eigenvalue weighted by atomic mass is 9.92. The van der Waals surface area contributed by atoms with E-state index in [4.69, 9.17) is 4.98 Å². The Morgan fingerprint density at radius 1 is 1.15 bits per heavy atom. The van der Waals surface area contributed by atoms with Crippen molar-refractivity contribution in [3.63, 3.8) is 0 Å². The average Bonchev–Trinajstić information content (AvgIpc) is 2.61. The summed E-state index contributed by atoms with van der Waals surface area (Å²) in [4.78, 5) is 18.8. The second-order valence-corrected chi connectivity index (χ2v) is 6.53. The number of halogens is 1. The van der Waals surface area contributed by atoms with Crippen molar-refractivity contribution in [1.82, 2.24) is 9.88 Å². The van der Waals surface area contributed by atoms with E-state index in [1.807, 2.05) is 31.3 Å². The maximum Gasteiger partial charge on any atom is 0.336 e. The molecule has 130 valence electrons. The topological polar surface area (TPSA) is 53.4 Å². The van der Waals surface area contributed by atoms with Crippen molar-refractivity contribution in [2.75, 3.05) is 13.6 Å². The quantitative estimate of drug-likeness (QED) is 0.759. The lowest BCUT2D eigenvalue weighted by molar-refractivity contribution is 0.0696. The van der Waals surface area contributed by atoms with Gasteiger partial charge in [-0.2, -0.15) is 0 Å². The van der Waals surface area contributed by atoms with E-state index < -0.39 is 5.97 Å². The number of fused-ring (bicyclic) bond motifs is 2. The number of hydrogen-bond donors (Lipinski definition) is 1. The minimum Gasteiger partial charge on any atom is -0.478 e. The second-order valence-electron chi connectivity index (χ2n) is 6.53. The van der Waals surface area contributed by atoms with Gasteiger partial charge in [-0.3, -0.25) is 4.90 Å². The Bertz CT molecular complexity index is 1040. The van der Waals surface area contributed by atoms with E-state index in [0.717, 1.165) is 16.7 Å². The molecule has 4 nitrogen and oxygen atoms in total. The van der Waals surface area contributed by atoms with E-state index in [0.29, 0.717) is 35.2 Å². The molecule has 0 atom stereocenters. The first-order chi connectivity index (χ1) is 12.5. The summed E-state index contributed by atoms with van der Waals surface area (Å²) in [5, 5.41) is 10.5. The number of benzene rings is 2. The van der Waals surface area contributed by atoms with Gasteiger partial charge in [0.25, 0.3) is 0 Å². The van der Waals surface area contributed by atoms with E-state index in [2.05, 4.69) is 4.90 Å². The first-order valence-electron chi connectivity index (χ1n) is 8.33. The number of nitrogens with zero attached hydrogens (tertiary/aromatic N) is 2. The lowest BCUT2D eigenvalue weighted by Gasteiger charge is -2.28. The van der Waals surface area contributed by atoms with E-state index in [9.17, 15) is 14.3 Å². The smallest absolute Gasteiger partial charge is 0.336 e. The predicted molar refractivity (Wildman–Crippen MR) is 99.3 cm³/mol. The molecule has 0 radical (unpaired) electrons. The third-order valence-electron chi connectivity index (χ3n) is 4.59. The van der Waals surface area contributed by atoms with E-state index in [-0.39, 0.29) is 5.82 Å². The zero-order valence-corrected chi connectivity index (χ0v) is 14.2. The molecule has 0 saturated heterocycles. The molecule has 1 N–H and O–H groups in total. The Labute approximate surface area is 150 Å². The molecule has 4 rings (SSSR count). The Morgan fingerprint density at radius 2 is 1.88 bits per heavy atom. The fourth-order valence-corrected chi connectivity index (χ4v) is 3.48. The number of aromatic nitrogens is 1. The van der Waals surface area contributed by atoms with Crippen LogP contribution in [0.2, 0.25) is 0 Å². The van der Waals surface area contributed by atoms with Crippen molar-refractivity contribution in [2.24, 2.45) is 0 Å². The van der Waals surface area contributed by atoms with Gasteiger partial charge in [0.15, 0.2) is 0 Å². The monoisotopic (exact) mass is 348 g/mol. The Hall–Kier alpha value is -3.05. The van der Waals surface area contributed by atoms with E-state index in [1.54, 1.807) is 18.2 Å². The van der Waals surface area contributed by atoms with Crippen molar-refractivity contribution in [3.05, 3.63) is 76.7 Å². The molecule has 0 amide bonds. The molecule has 1 aliphatic heterocycles. The van der Waals surface area contributed by atoms with Crippen molar-refractivity contribution in [1.29, 1.82) is 0 Å². The van der Waals surface area contributed by atoms with Crippen LogP contribution in [0.15, 0.2) is 48.5 Å². The molecule has 0 saturated carbocycles. The first kappa shape index (κ1) is 16.4. The SMILES string of the molecule is CN1CC(=Cc2ccc(F)cc2)c2nc3ccccc3c(C(=O)O)c2C1. The van der Waals surface area contributed by atoms with E-state index >= 15 is 0 Å². The largest absolute Gasteiger partial charge is 0.478 e. The molecular weight excluding hydrogens is 331 g/mol. The number of pyridine rings is 1. The number of hydrogen-bond acceptors (Lipinski definition) is 3. The summed E-state index contributed by atoms with van der Waals surface area (Å²) in [7, 11) is 1.95. The summed E-state index contributed by atoms with van der Waals surface area (Å²) in [6.45, 7) is 1.17. The van der Waals surface area contributed by atoms with Crippen LogP contribution in [-0.4, -0.2) is 34.6 Å². The molecule has 3 aromatic rings. The second kappa shape index (κ2) is 6.35. The molecule has 0 spiro atoms. The standard InChI is InChI=1S/C21H17FN2O2/c1-24-11-14(10-13-6-8-15(22)9-7-13)20-17(12-24)19(21(25)26)16-4-2-3-5-18(16)23-20/h2-10H,11-12H2,1H3,(H,25,26). The van der Waals surface area contributed by atoms with Crippen LogP contribution in [0.1, 0.15) is 27.2 Å². The Morgan fingerprint density at radius 3 is 2.62 bits per heavy atom. The molecule has 1 aliphatic rings. The maximum atomic E-state index is 13.2. The summed E-state index contributed by atoms with van der Waals surface area (Å²) in [6.07, 6.45) is 1.95. The maximum absolute atomic E-state index is 13.2. The molecule has 0 bridgehead atoms. The molecular formula is C21H17FN2O2. The molecule has 0 fully saturated rings. The molecule has 0 aliphatic carbocycles. The van der Waals surface area contributed by atoms with Crippen LogP contribution in [0.5, 0.6) is 0 Å². The van der Waals surface area contributed by atoms with Crippen LogP contribution < -0.4 is 0 Å². The van der Waals surface area contributed by atoms with Gasteiger partial charge in [-0.1, -0.05) is 30.3 Å². The van der Waals surface area contributed by atoms with Gasteiger partial charge in [0, 0.05) is 24.0 Å². The van der Waals surface area contributed by atoms with Gasteiger partial charge >= 0.3 is 5.97 Å². The lowest BCUT2D eigenvalue weighted by Crippen LogP contribution is -2.28. The van der Waals surface area contributed by atoms with Gasteiger partial charge < -0.3 is 5.11 Å². The predicted octanol–water partition coefficient (Wildman–Crippen LogP) is 4.06. The van der Waals surface area contributed by atoms with Gasteiger partial charge in [-0.15, -0.1) is 0 Å². The normalized spacial score (nSPS) is 16.0. The fraction of sp³-hybridized carbons (Fsp3) is 0.143. The van der Waals surface area contributed by atoms with Crippen LogP contribution in [0, 0.1) is 5.82 Å².